The molecule has 3 N–H and O–H groups in total. The first-order valence-electron chi connectivity index (χ1n) is 9.82. The van der Waals surface area contributed by atoms with Crippen molar-refractivity contribution in [2.45, 2.75) is 26.1 Å². The third kappa shape index (κ3) is 3.91. The van der Waals surface area contributed by atoms with Gasteiger partial charge in [0.05, 0.1) is 34.5 Å². The van der Waals surface area contributed by atoms with Gasteiger partial charge in [-0.3, -0.25) is 14.8 Å². The number of carbonyl (C=O) groups excluding carboxylic acids is 1. The lowest BCUT2D eigenvalue weighted by atomic mass is 10.3. The van der Waals surface area contributed by atoms with Crippen molar-refractivity contribution in [3.63, 3.8) is 0 Å². The third-order valence-electron chi connectivity index (χ3n) is 5.08. The lowest BCUT2D eigenvalue weighted by Gasteiger charge is -2.10. The predicted octanol–water partition coefficient (Wildman–Crippen LogP) is 2.92. The number of H-pyrrole nitrogens is 1. The molecule has 4 heterocycles. The Hall–Kier alpha value is -3.24. The van der Waals surface area contributed by atoms with Gasteiger partial charge in [0.15, 0.2) is 10.8 Å². The number of amides is 1. The van der Waals surface area contributed by atoms with Gasteiger partial charge in [-0.2, -0.15) is 5.10 Å². The van der Waals surface area contributed by atoms with Crippen LogP contribution in [0.5, 0.6) is 0 Å². The van der Waals surface area contributed by atoms with Gasteiger partial charge in [0, 0.05) is 31.5 Å². The first kappa shape index (κ1) is 18.8. The average molecular weight is 423 g/mol. The summed E-state index contributed by atoms with van der Waals surface area (Å²) in [5.74, 6) is -0.227. The van der Waals surface area contributed by atoms with Crippen molar-refractivity contribution in [3.8, 4) is 0 Å². The van der Waals surface area contributed by atoms with Gasteiger partial charge in [-0.25, -0.2) is 9.97 Å². The van der Waals surface area contributed by atoms with Crippen LogP contribution in [0.25, 0.3) is 10.2 Å². The normalized spacial score (nSPS) is 14.4. The van der Waals surface area contributed by atoms with Crippen molar-refractivity contribution in [1.82, 2.24) is 29.6 Å². The predicted molar refractivity (Wildman–Crippen MR) is 117 cm³/mol. The molecule has 1 aliphatic heterocycles. The van der Waals surface area contributed by atoms with Crippen molar-refractivity contribution in [3.05, 3.63) is 53.9 Å². The maximum Gasteiger partial charge on any atom is 0.277 e. The molecule has 9 nitrogen and oxygen atoms in total. The molecule has 4 aromatic rings. The van der Waals surface area contributed by atoms with E-state index in [1.54, 1.807) is 12.5 Å². The summed E-state index contributed by atoms with van der Waals surface area (Å²) in [5.41, 5.74) is 4.35. The van der Waals surface area contributed by atoms with Crippen molar-refractivity contribution in [2.75, 3.05) is 24.2 Å². The zero-order chi connectivity index (χ0) is 20.5. The van der Waals surface area contributed by atoms with E-state index in [-0.39, 0.29) is 5.91 Å². The van der Waals surface area contributed by atoms with Crippen LogP contribution in [0, 0.1) is 0 Å². The molecule has 154 valence electrons. The Morgan fingerprint density at radius 1 is 1.30 bits per heavy atom. The number of hydrogen-bond donors (Lipinski definition) is 3. The van der Waals surface area contributed by atoms with Crippen LogP contribution in [0.15, 0.2) is 36.8 Å². The summed E-state index contributed by atoms with van der Waals surface area (Å²) >= 11 is 1.45. The number of anilines is 2. The second-order valence-corrected chi connectivity index (χ2v) is 8.45. The minimum absolute atomic E-state index is 0.227. The molecular formula is C20H22N8OS. The van der Waals surface area contributed by atoms with Crippen LogP contribution < -0.4 is 10.6 Å². The number of aromatic nitrogens is 5. The molecule has 10 heteroatoms. The van der Waals surface area contributed by atoms with E-state index >= 15 is 0 Å². The summed E-state index contributed by atoms with van der Waals surface area (Å²) in [7, 11) is 2.08. The van der Waals surface area contributed by atoms with Crippen LogP contribution >= 0.6 is 11.3 Å². The van der Waals surface area contributed by atoms with Crippen LogP contribution in [0.3, 0.4) is 0 Å². The number of hydrogen-bond acceptors (Lipinski definition) is 7. The highest BCUT2D eigenvalue weighted by atomic mass is 32.1. The van der Waals surface area contributed by atoms with Gasteiger partial charge in [0.1, 0.15) is 0 Å². The first-order valence-corrected chi connectivity index (χ1v) is 10.6. The first-order chi connectivity index (χ1) is 14.6. The molecule has 0 unspecified atom stereocenters. The van der Waals surface area contributed by atoms with Crippen molar-refractivity contribution in [2.24, 2.45) is 0 Å². The zero-order valence-electron chi connectivity index (χ0n) is 16.6. The molecule has 0 saturated carbocycles. The van der Waals surface area contributed by atoms with Gasteiger partial charge >= 0.3 is 0 Å². The molecule has 1 amide bonds. The Morgan fingerprint density at radius 3 is 3.10 bits per heavy atom. The number of aromatic amines is 1. The Balaban J connectivity index is 1.29. The van der Waals surface area contributed by atoms with Crippen LogP contribution in [0.2, 0.25) is 0 Å². The molecular weight excluding hydrogens is 400 g/mol. The van der Waals surface area contributed by atoms with Crippen LogP contribution in [-0.4, -0.2) is 49.1 Å². The fourth-order valence-corrected chi connectivity index (χ4v) is 4.46. The number of rotatable bonds is 5. The molecule has 30 heavy (non-hydrogen) atoms. The standard InChI is InChI=1S/C20H22N8OS/c1-27-5-2-6-28-15(11-27)8-17(26-28)19(29)25-20-24-16-4-3-13(7-18(16)30-20)22-10-14-9-21-12-23-14/h3-4,7-9,12,22H,2,5-6,10-11H2,1H3,(H,21,23)(H,24,25,29). The van der Waals surface area contributed by atoms with Crippen LogP contribution in [0.1, 0.15) is 28.3 Å². The maximum absolute atomic E-state index is 12.7. The fraction of sp³-hybridized carbons (Fsp3) is 0.300. The number of aryl methyl sites for hydroxylation is 1. The fourth-order valence-electron chi connectivity index (χ4n) is 3.56. The van der Waals surface area contributed by atoms with Gasteiger partial charge in [-0.1, -0.05) is 11.3 Å². The quantitative estimate of drug-likeness (QED) is 0.457. The zero-order valence-corrected chi connectivity index (χ0v) is 17.4. The Morgan fingerprint density at radius 2 is 2.23 bits per heavy atom. The van der Waals surface area contributed by atoms with E-state index in [1.165, 1.54) is 11.3 Å². The second-order valence-electron chi connectivity index (χ2n) is 7.42. The number of nitrogens with zero attached hydrogens (tertiary/aromatic N) is 5. The summed E-state index contributed by atoms with van der Waals surface area (Å²) in [6, 6.07) is 7.84. The SMILES string of the molecule is CN1CCCn2nc(C(=O)Nc3nc4ccc(NCc5cnc[nH]5)cc4s3)cc2C1. The van der Waals surface area contributed by atoms with Crippen LogP contribution in [0.4, 0.5) is 10.8 Å². The summed E-state index contributed by atoms with van der Waals surface area (Å²) in [5, 5.41) is 11.3. The summed E-state index contributed by atoms with van der Waals surface area (Å²) in [4.78, 5) is 26.6. The Bertz CT molecular complexity index is 1180. The highest BCUT2D eigenvalue weighted by Crippen LogP contribution is 2.29. The number of thiazole rings is 1. The smallest absolute Gasteiger partial charge is 0.277 e. The molecule has 3 aromatic heterocycles. The highest BCUT2D eigenvalue weighted by Gasteiger charge is 2.19. The summed E-state index contributed by atoms with van der Waals surface area (Å²) in [6.07, 6.45) is 4.48. The molecule has 0 saturated heterocycles. The lowest BCUT2D eigenvalue weighted by Crippen LogP contribution is -2.17. The monoisotopic (exact) mass is 422 g/mol. The topological polar surface area (TPSA) is 104 Å². The van der Waals surface area contributed by atoms with E-state index in [2.05, 4.69) is 42.6 Å². The molecule has 0 fully saturated rings. The minimum atomic E-state index is -0.227. The largest absolute Gasteiger partial charge is 0.379 e. The second kappa shape index (κ2) is 7.88. The van der Waals surface area contributed by atoms with E-state index in [0.717, 1.165) is 53.3 Å². The van der Waals surface area contributed by atoms with E-state index in [0.29, 0.717) is 17.4 Å². The summed E-state index contributed by atoms with van der Waals surface area (Å²) in [6.45, 7) is 3.33. The minimum Gasteiger partial charge on any atom is -0.379 e. The maximum atomic E-state index is 12.7. The van der Waals surface area contributed by atoms with Crippen molar-refractivity contribution >= 4 is 38.3 Å². The highest BCUT2D eigenvalue weighted by molar-refractivity contribution is 7.22. The molecule has 0 bridgehead atoms. The number of nitrogens with one attached hydrogen (secondary N) is 3. The van der Waals surface area contributed by atoms with E-state index in [1.807, 2.05) is 28.9 Å². The Labute approximate surface area is 177 Å². The number of fused-ring (bicyclic) bond motifs is 2. The van der Waals surface area contributed by atoms with Crippen molar-refractivity contribution in [1.29, 1.82) is 0 Å². The third-order valence-corrected chi connectivity index (χ3v) is 6.02. The van der Waals surface area contributed by atoms with E-state index in [4.69, 9.17) is 0 Å². The number of imidazole rings is 1. The van der Waals surface area contributed by atoms with E-state index in [9.17, 15) is 4.79 Å². The van der Waals surface area contributed by atoms with Crippen LogP contribution in [-0.2, 0) is 19.6 Å². The average Bonchev–Trinajstić information content (AvgIpc) is 3.44. The molecule has 1 aliphatic rings. The molecule has 1 aromatic carbocycles. The number of benzene rings is 1. The molecule has 5 rings (SSSR count). The molecule has 0 spiro atoms. The van der Waals surface area contributed by atoms with E-state index < -0.39 is 0 Å². The molecule has 0 aliphatic carbocycles. The Kier molecular flexibility index (Phi) is 4.93. The number of carbonyl (C=O) groups is 1. The van der Waals surface area contributed by atoms with Gasteiger partial charge in [-0.05, 0) is 37.7 Å². The molecule has 0 radical (unpaired) electrons. The van der Waals surface area contributed by atoms with Gasteiger partial charge in [0.25, 0.3) is 5.91 Å². The van der Waals surface area contributed by atoms with Gasteiger partial charge in [0.2, 0.25) is 0 Å². The van der Waals surface area contributed by atoms with Crippen molar-refractivity contribution < 1.29 is 4.79 Å². The summed E-state index contributed by atoms with van der Waals surface area (Å²) < 4.78 is 2.94. The molecule has 0 atom stereocenters. The van der Waals surface area contributed by atoms with Gasteiger partial charge < -0.3 is 15.2 Å². The van der Waals surface area contributed by atoms with Gasteiger partial charge in [-0.15, -0.1) is 0 Å². The lowest BCUT2D eigenvalue weighted by molar-refractivity contribution is 0.102.